The zero-order valence-corrected chi connectivity index (χ0v) is 19.5. The molecule has 2 heterocycles. The molecule has 0 aliphatic carbocycles. The van der Waals surface area contributed by atoms with Crippen LogP contribution in [0.5, 0.6) is 23.0 Å². The van der Waals surface area contributed by atoms with E-state index in [2.05, 4.69) is 4.90 Å². The van der Waals surface area contributed by atoms with Gasteiger partial charge < -0.3 is 28.5 Å². The third-order valence-electron chi connectivity index (χ3n) is 5.85. The first-order chi connectivity index (χ1) is 15.9. The van der Waals surface area contributed by atoms with Gasteiger partial charge >= 0.3 is 5.97 Å². The van der Waals surface area contributed by atoms with E-state index in [0.717, 1.165) is 25.9 Å². The molecule has 9 nitrogen and oxygen atoms in total. The molecule has 1 atom stereocenters. The molecule has 1 aromatic carbocycles. The van der Waals surface area contributed by atoms with Crippen LogP contribution < -0.4 is 19.6 Å². The van der Waals surface area contributed by atoms with Crippen molar-refractivity contribution in [3.63, 3.8) is 0 Å². The van der Waals surface area contributed by atoms with Gasteiger partial charge in [0.05, 0.1) is 47.3 Å². The minimum absolute atomic E-state index is 0.0228. The molecule has 0 amide bonds. The minimum Gasteiger partial charge on any atom is -0.502 e. The number of rotatable bonds is 9. The molecule has 2 aromatic rings. The highest BCUT2D eigenvalue weighted by atomic mass is 16.5. The Hall–Kier alpha value is -3.20. The second-order valence-electron chi connectivity index (χ2n) is 7.91. The lowest BCUT2D eigenvalue weighted by Crippen LogP contribution is -2.29. The van der Waals surface area contributed by atoms with Crippen LogP contribution in [-0.4, -0.2) is 57.5 Å². The largest absolute Gasteiger partial charge is 0.502 e. The molecular formula is C24H31NO8. The summed E-state index contributed by atoms with van der Waals surface area (Å²) in [6, 6.07) is 4.56. The molecular weight excluding hydrogens is 430 g/mol. The number of benzene rings is 1. The highest BCUT2D eigenvalue weighted by molar-refractivity contribution is 5.72. The van der Waals surface area contributed by atoms with E-state index in [1.165, 1.54) is 40.9 Å². The fourth-order valence-electron chi connectivity index (χ4n) is 4.13. The van der Waals surface area contributed by atoms with E-state index in [4.69, 9.17) is 23.4 Å². The van der Waals surface area contributed by atoms with Crippen molar-refractivity contribution in [1.82, 2.24) is 4.90 Å². The fourth-order valence-corrected chi connectivity index (χ4v) is 4.13. The van der Waals surface area contributed by atoms with E-state index in [1.807, 2.05) is 0 Å². The maximum atomic E-state index is 12.7. The van der Waals surface area contributed by atoms with Gasteiger partial charge in [0.25, 0.3) is 0 Å². The van der Waals surface area contributed by atoms with Crippen LogP contribution in [0.2, 0.25) is 0 Å². The molecule has 0 bridgehead atoms. The van der Waals surface area contributed by atoms with Crippen LogP contribution in [0, 0.1) is 0 Å². The first kappa shape index (κ1) is 24.4. The van der Waals surface area contributed by atoms with Crippen LogP contribution >= 0.6 is 0 Å². The Morgan fingerprint density at radius 3 is 2.24 bits per heavy atom. The third kappa shape index (κ3) is 5.60. The van der Waals surface area contributed by atoms with Crippen molar-refractivity contribution in [2.75, 3.05) is 41.5 Å². The topological polar surface area (TPSA) is 108 Å². The SMILES string of the molecule is COC(=O)C[C@@H](c1cc(OC)c(OC)cc1OC)c1oc(CN2CCCCC2)cc(=O)c1O. The second kappa shape index (κ2) is 11.1. The number of carbonyl (C=O) groups excluding carboxylic acids is 1. The number of likely N-dealkylation sites (tertiary alicyclic amines) is 1. The molecule has 180 valence electrons. The lowest BCUT2D eigenvalue weighted by atomic mass is 9.91. The molecule has 1 saturated heterocycles. The third-order valence-corrected chi connectivity index (χ3v) is 5.85. The predicted molar refractivity (Wildman–Crippen MR) is 120 cm³/mol. The Kier molecular flexibility index (Phi) is 8.21. The molecule has 0 spiro atoms. The normalized spacial score (nSPS) is 15.0. The number of esters is 1. The standard InChI is InChI=1S/C24H31NO8/c1-29-19-13-21(31-3)20(30-2)11-16(19)17(12-22(27)32-4)24-23(28)18(26)10-15(33-24)14-25-8-6-5-7-9-25/h10-11,13,17,28H,5-9,12,14H2,1-4H3/t17-/m0/s1. The van der Waals surface area contributed by atoms with E-state index in [1.54, 1.807) is 12.1 Å². The van der Waals surface area contributed by atoms with Crippen LogP contribution in [0.1, 0.15) is 48.7 Å². The van der Waals surface area contributed by atoms with Crippen molar-refractivity contribution in [3.8, 4) is 23.0 Å². The number of hydrogen-bond donors (Lipinski definition) is 1. The molecule has 0 saturated carbocycles. The lowest BCUT2D eigenvalue weighted by Gasteiger charge is -2.26. The number of aromatic hydroxyl groups is 1. The summed E-state index contributed by atoms with van der Waals surface area (Å²) in [4.78, 5) is 27.2. The zero-order valence-electron chi connectivity index (χ0n) is 19.5. The van der Waals surface area contributed by atoms with Crippen molar-refractivity contribution in [1.29, 1.82) is 0 Å². The molecule has 0 unspecified atom stereocenters. The van der Waals surface area contributed by atoms with Crippen LogP contribution in [0.3, 0.4) is 0 Å². The summed E-state index contributed by atoms with van der Waals surface area (Å²) in [6.45, 7) is 2.26. The van der Waals surface area contributed by atoms with E-state index in [0.29, 0.717) is 35.1 Å². The Labute approximate surface area is 192 Å². The van der Waals surface area contributed by atoms with Crippen LogP contribution in [0.15, 0.2) is 27.4 Å². The Morgan fingerprint density at radius 1 is 1.00 bits per heavy atom. The highest BCUT2D eigenvalue weighted by Gasteiger charge is 2.30. The first-order valence-corrected chi connectivity index (χ1v) is 10.9. The number of ether oxygens (including phenoxy) is 4. The second-order valence-corrected chi connectivity index (χ2v) is 7.91. The van der Waals surface area contributed by atoms with Crippen LogP contribution in [-0.2, 0) is 16.1 Å². The smallest absolute Gasteiger partial charge is 0.306 e. The monoisotopic (exact) mass is 461 g/mol. The fraction of sp³-hybridized carbons (Fsp3) is 0.500. The number of methoxy groups -OCH3 is 4. The lowest BCUT2D eigenvalue weighted by molar-refractivity contribution is -0.140. The number of piperidine rings is 1. The molecule has 0 radical (unpaired) electrons. The van der Waals surface area contributed by atoms with Gasteiger partial charge in [-0.3, -0.25) is 14.5 Å². The molecule has 3 rings (SSSR count). The highest BCUT2D eigenvalue weighted by Crippen LogP contribution is 2.43. The molecule has 1 aromatic heterocycles. The summed E-state index contributed by atoms with van der Waals surface area (Å²) in [7, 11) is 5.73. The summed E-state index contributed by atoms with van der Waals surface area (Å²) in [6.07, 6.45) is 3.17. The van der Waals surface area contributed by atoms with Crippen molar-refractivity contribution < 1.29 is 33.3 Å². The summed E-state index contributed by atoms with van der Waals surface area (Å²) >= 11 is 0. The van der Waals surface area contributed by atoms with Gasteiger partial charge in [0.2, 0.25) is 11.2 Å². The summed E-state index contributed by atoms with van der Waals surface area (Å²) in [5.74, 6) is -0.349. The summed E-state index contributed by atoms with van der Waals surface area (Å²) < 4.78 is 27.2. The molecule has 1 N–H and O–H groups in total. The van der Waals surface area contributed by atoms with Gasteiger partial charge in [-0.1, -0.05) is 6.42 Å². The molecule has 1 fully saturated rings. The quantitative estimate of drug-likeness (QED) is 0.564. The Morgan fingerprint density at radius 2 is 1.64 bits per heavy atom. The van der Waals surface area contributed by atoms with E-state index in [-0.39, 0.29) is 12.2 Å². The Bertz CT molecular complexity index is 1030. The van der Waals surface area contributed by atoms with Crippen molar-refractivity contribution in [2.24, 2.45) is 0 Å². The maximum Gasteiger partial charge on any atom is 0.306 e. The van der Waals surface area contributed by atoms with Gasteiger partial charge in [0, 0.05) is 17.7 Å². The van der Waals surface area contributed by atoms with Crippen molar-refractivity contribution in [3.05, 3.63) is 45.5 Å². The average molecular weight is 462 g/mol. The molecule has 1 aliphatic heterocycles. The van der Waals surface area contributed by atoms with Crippen LogP contribution in [0.4, 0.5) is 0 Å². The minimum atomic E-state index is -0.860. The maximum absolute atomic E-state index is 12.7. The van der Waals surface area contributed by atoms with E-state index >= 15 is 0 Å². The van der Waals surface area contributed by atoms with E-state index in [9.17, 15) is 14.7 Å². The predicted octanol–water partition coefficient (Wildman–Crippen LogP) is 3.05. The number of hydrogen-bond acceptors (Lipinski definition) is 9. The summed E-state index contributed by atoms with van der Waals surface area (Å²) in [5.41, 5.74) is -0.0910. The van der Waals surface area contributed by atoms with Crippen molar-refractivity contribution >= 4 is 5.97 Å². The van der Waals surface area contributed by atoms with Gasteiger partial charge in [0.15, 0.2) is 17.3 Å². The first-order valence-electron chi connectivity index (χ1n) is 10.9. The van der Waals surface area contributed by atoms with Gasteiger partial charge in [0.1, 0.15) is 11.5 Å². The van der Waals surface area contributed by atoms with Gasteiger partial charge in [-0.05, 0) is 32.0 Å². The summed E-state index contributed by atoms with van der Waals surface area (Å²) in [5, 5.41) is 10.7. The van der Waals surface area contributed by atoms with E-state index < -0.39 is 23.1 Å². The molecule has 9 heteroatoms. The van der Waals surface area contributed by atoms with Gasteiger partial charge in [-0.25, -0.2) is 0 Å². The van der Waals surface area contributed by atoms with Crippen molar-refractivity contribution in [2.45, 2.75) is 38.1 Å². The molecule has 1 aliphatic rings. The molecule has 33 heavy (non-hydrogen) atoms. The van der Waals surface area contributed by atoms with Gasteiger partial charge in [-0.15, -0.1) is 0 Å². The van der Waals surface area contributed by atoms with Crippen LogP contribution in [0.25, 0.3) is 0 Å². The Balaban J connectivity index is 2.13. The number of carbonyl (C=O) groups is 1. The zero-order chi connectivity index (χ0) is 24.0. The number of nitrogens with zero attached hydrogens (tertiary/aromatic N) is 1. The van der Waals surface area contributed by atoms with Gasteiger partial charge in [-0.2, -0.15) is 0 Å². The average Bonchev–Trinajstić information content (AvgIpc) is 2.84.